The SMILES string of the molecule is N#Cc1c(-c2cccs2)cc2c(c1N1CCCCC1)CCc1ccccc1-2. The second kappa shape index (κ2) is 6.87. The number of hydrogen-bond acceptors (Lipinski definition) is 3. The van der Waals surface area contributed by atoms with E-state index in [4.69, 9.17) is 0 Å². The smallest absolute Gasteiger partial charge is 0.102 e. The van der Waals surface area contributed by atoms with E-state index >= 15 is 0 Å². The molecule has 2 aromatic carbocycles. The van der Waals surface area contributed by atoms with Gasteiger partial charge >= 0.3 is 0 Å². The molecule has 1 fully saturated rings. The Morgan fingerprint density at radius 1 is 0.889 bits per heavy atom. The lowest BCUT2D eigenvalue weighted by atomic mass is 9.81. The summed E-state index contributed by atoms with van der Waals surface area (Å²) in [6.07, 6.45) is 5.83. The standard InChI is InChI=1S/C24H22N2S/c25-16-22-21(23-9-6-14-27-23)15-20-18-8-3-2-7-17(18)10-11-19(20)24(22)26-12-4-1-5-13-26/h2-3,6-9,14-15H,1,4-5,10-13H2. The number of benzene rings is 2. The van der Waals surface area contributed by atoms with Gasteiger partial charge in [0.1, 0.15) is 6.07 Å². The molecule has 2 nitrogen and oxygen atoms in total. The van der Waals surface area contributed by atoms with E-state index in [-0.39, 0.29) is 0 Å². The summed E-state index contributed by atoms with van der Waals surface area (Å²) in [7, 11) is 0. The largest absolute Gasteiger partial charge is 0.370 e. The number of thiophene rings is 1. The Balaban J connectivity index is 1.81. The van der Waals surface area contributed by atoms with Crippen molar-refractivity contribution in [2.75, 3.05) is 18.0 Å². The van der Waals surface area contributed by atoms with E-state index in [0.29, 0.717) is 0 Å². The fraction of sp³-hybridized carbons (Fsp3) is 0.292. The van der Waals surface area contributed by atoms with Crippen LogP contribution in [0, 0.1) is 11.3 Å². The van der Waals surface area contributed by atoms with Crippen LogP contribution in [0.1, 0.15) is 36.0 Å². The van der Waals surface area contributed by atoms with E-state index in [1.807, 2.05) is 0 Å². The second-order valence-corrected chi connectivity index (χ2v) is 8.42. The molecule has 1 saturated heterocycles. The maximum absolute atomic E-state index is 10.2. The molecule has 0 N–H and O–H groups in total. The van der Waals surface area contributed by atoms with Crippen LogP contribution in [0.2, 0.25) is 0 Å². The molecule has 2 heterocycles. The van der Waals surface area contributed by atoms with Gasteiger partial charge in [0.15, 0.2) is 0 Å². The van der Waals surface area contributed by atoms with Gasteiger partial charge in [0.25, 0.3) is 0 Å². The summed E-state index contributed by atoms with van der Waals surface area (Å²) in [6.45, 7) is 2.13. The van der Waals surface area contributed by atoms with Crippen molar-refractivity contribution in [3.05, 3.63) is 64.5 Å². The van der Waals surface area contributed by atoms with E-state index < -0.39 is 0 Å². The Kier molecular flexibility index (Phi) is 4.22. The predicted molar refractivity (Wildman–Crippen MR) is 113 cm³/mol. The van der Waals surface area contributed by atoms with Crippen molar-refractivity contribution in [3.63, 3.8) is 0 Å². The molecule has 0 atom stereocenters. The number of hydrogen-bond donors (Lipinski definition) is 0. The molecule has 27 heavy (non-hydrogen) atoms. The first-order chi connectivity index (χ1) is 13.4. The van der Waals surface area contributed by atoms with Gasteiger partial charge in [-0.15, -0.1) is 11.3 Å². The highest BCUT2D eigenvalue weighted by atomic mass is 32.1. The van der Waals surface area contributed by atoms with Gasteiger partial charge in [0.05, 0.1) is 11.3 Å². The Morgan fingerprint density at radius 2 is 1.74 bits per heavy atom. The Hall–Kier alpha value is -2.57. The van der Waals surface area contributed by atoms with Crippen molar-refractivity contribution in [1.29, 1.82) is 5.26 Å². The molecule has 0 radical (unpaired) electrons. The second-order valence-electron chi connectivity index (χ2n) is 7.47. The molecule has 0 bridgehead atoms. The molecule has 0 amide bonds. The van der Waals surface area contributed by atoms with Crippen molar-refractivity contribution >= 4 is 17.0 Å². The third-order valence-corrected chi connectivity index (χ3v) is 6.83. The van der Waals surface area contributed by atoms with Crippen LogP contribution < -0.4 is 4.90 Å². The minimum Gasteiger partial charge on any atom is -0.370 e. The van der Waals surface area contributed by atoms with Crippen LogP contribution in [-0.2, 0) is 12.8 Å². The number of nitriles is 1. The number of rotatable bonds is 2. The molecule has 134 valence electrons. The van der Waals surface area contributed by atoms with Crippen molar-refractivity contribution in [2.24, 2.45) is 0 Å². The molecule has 1 aromatic heterocycles. The van der Waals surface area contributed by atoms with E-state index in [9.17, 15) is 5.26 Å². The zero-order valence-corrected chi connectivity index (χ0v) is 16.2. The van der Waals surface area contributed by atoms with Crippen molar-refractivity contribution in [1.82, 2.24) is 0 Å². The number of nitrogens with zero attached hydrogens (tertiary/aromatic N) is 2. The van der Waals surface area contributed by atoms with Gasteiger partial charge in [-0.05, 0) is 71.9 Å². The molecule has 2 aliphatic rings. The molecule has 0 unspecified atom stereocenters. The van der Waals surface area contributed by atoms with Crippen LogP contribution in [0.3, 0.4) is 0 Å². The average molecular weight is 371 g/mol. The maximum atomic E-state index is 10.2. The third kappa shape index (κ3) is 2.76. The van der Waals surface area contributed by atoms with Gasteiger partial charge in [0, 0.05) is 23.5 Å². The number of anilines is 1. The Morgan fingerprint density at radius 3 is 2.52 bits per heavy atom. The van der Waals surface area contributed by atoms with Gasteiger partial charge in [-0.25, -0.2) is 0 Å². The van der Waals surface area contributed by atoms with Crippen LogP contribution in [-0.4, -0.2) is 13.1 Å². The molecular weight excluding hydrogens is 348 g/mol. The van der Waals surface area contributed by atoms with Crippen molar-refractivity contribution in [3.8, 4) is 27.6 Å². The van der Waals surface area contributed by atoms with Crippen LogP contribution in [0.25, 0.3) is 21.6 Å². The minimum absolute atomic E-state index is 0.873. The summed E-state index contributed by atoms with van der Waals surface area (Å²) in [6, 6.07) is 17.9. The third-order valence-electron chi connectivity index (χ3n) is 5.93. The van der Waals surface area contributed by atoms with Crippen molar-refractivity contribution < 1.29 is 0 Å². The zero-order chi connectivity index (χ0) is 18.2. The van der Waals surface area contributed by atoms with Gasteiger partial charge < -0.3 is 4.90 Å². The molecule has 0 spiro atoms. The van der Waals surface area contributed by atoms with E-state index in [0.717, 1.165) is 37.1 Å². The Bertz CT molecular complexity index is 1020. The zero-order valence-electron chi connectivity index (χ0n) is 15.4. The molecule has 3 aromatic rings. The molecule has 0 saturated carbocycles. The Labute approximate surface area is 164 Å². The number of piperidine rings is 1. The molecule has 1 aliphatic carbocycles. The van der Waals surface area contributed by atoms with Gasteiger partial charge in [-0.1, -0.05) is 30.3 Å². The lowest BCUT2D eigenvalue weighted by Crippen LogP contribution is -2.31. The summed E-state index contributed by atoms with van der Waals surface area (Å²) in [5.41, 5.74) is 8.68. The van der Waals surface area contributed by atoms with Crippen LogP contribution in [0.15, 0.2) is 47.8 Å². The van der Waals surface area contributed by atoms with Crippen LogP contribution in [0.5, 0.6) is 0 Å². The monoisotopic (exact) mass is 370 g/mol. The maximum Gasteiger partial charge on any atom is 0.102 e. The normalized spacial score (nSPS) is 15.7. The quantitative estimate of drug-likeness (QED) is 0.549. The molecule has 1 aliphatic heterocycles. The topological polar surface area (TPSA) is 27.0 Å². The van der Waals surface area contributed by atoms with Gasteiger partial charge in [-0.3, -0.25) is 0 Å². The van der Waals surface area contributed by atoms with E-state index in [2.05, 4.69) is 58.8 Å². The minimum atomic E-state index is 0.873. The summed E-state index contributed by atoms with van der Waals surface area (Å²) >= 11 is 1.72. The highest BCUT2D eigenvalue weighted by Crippen LogP contribution is 2.45. The first-order valence-corrected chi connectivity index (χ1v) is 10.7. The fourth-order valence-electron chi connectivity index (χ4n) is 4.67. The summed E-state index contributed by atoms with van der Waals surface area (Å²) < 4.78 is 0. The van der Waals surface area contributed by atoms with Crippen LogP contribution >= 0.6 is 11.3 Å². The molecule has 5 rings (SSSR count). The summed E-state index contributed by atoms with van der Waals surface area (Å²) in [5.74, 6) is 0. The van der Waals surface area contributed by atoms with Gasteiger partial charge in [-0.2, -0.15) is 5.26 Å². The first kappa shape index (κ1) is 16.6. The van der Waals surface area contributed by atoms with E-state index in [1.165, 1.54) is 52.1 Å². The summed E-state index contributed by atoms with van der Waals surface area (Å²) in [4.78, 5) is 3.68. The van der Waals surface area contributed by atoms with Gasteiger partial charge in [0.2, 0.25) is 0 Å². The summed E-state index contributed by atoms with van der Waals surface area (Å²) in [5, 5.41) is 12.3. The average Bonchev–Trinajstić information content (AvgIpc) is 3.27. The highest BCUT2D eigenvalue weighted by Gasteiger charge is 2.27. The number of fused-ring (bicyclic) bond motifs is 3. The van der Waals surface area contributed by atoms with E-state index in [1.54, 1.807) is 11.3 Å². The predicted octanol–water partition coefficient (Wildman–Crippen LogP) is 6.04. The highest BCUT2D eigenvalue weighted by molar-refractivity contribution is 7.13. The van der Waals surface area contributed by atoms with Crippen LogP contribution in [0.4, 0.5) is 5.69 Å². The molecular formula is C24H22N2S. The number of aryl methyl sites for hydroxylation is 1. The first-order valence-electron chi connectivity index (χ1n) is 9.84. The van der Waals surface area contributed by atoms with Crippen molar-refractivity contribution in [2.45, 2.75) is 32.1 Å². The molecule has 3 heteroatoms. The lowest BCUT2D eigenvalue weighted by molar-refractivity contribution is 0.576. The fourth-order valence-corrected chi connectivity index (χ4v) is 5.42. The lowest BCUT2D eigenvalue weighted by Gasteiger charge is -2.34.